The third-order valence-corrected chi connectivity index (χ3v) is 6.57. The lowest BCUT2D eigenvalue weighted by Gasteiger charge is -2.35. The van der Waals surface area contributed by atoms with Crippen molar-refractivity contribution in [3.8, 4) is 17.1 Å². The zero-order valence-corrected chi connectivity index (χ0v) is 19.3. The molecule has 0 atom stereocenters. The average Bonchev–Trinajstić information content (AvgIpc) is 3.16. The van der Waals surface area contributed by atoms with E-state index in [9.17, 15) is 0 Å². The van der Waals surface area contributed by atoms with Gasteiger partial charge in [0.1, 0.15) is 11.6 Å². The first-order chi connectivity index (χ1) is 16.3. The SMILES string of the molecule is COc1ccc(N2CCN(Cc3nc(-c4ccc(N5CCCCCC5)nc4)no3)CC2)cc1. The fourth-order valence-electron chi connectivity index (χ4n) is 4.59. The van der Waals surface area contributed by atoms with E-state index in [1.807, 2.05) is 18.3 Å². The first kappa shape index (κ1) is 21.7. The van der Waals surface area contributed by atoms with Gasteiger partial charge in [-0.2, -0.15) is 4.98 Å². The van der Waals surface area contributed by atoms with Crippen molar-refractivity contribution in [2.45, 2.75) is 32.2 Å². The summed E-state index contributed by atoms with van der Waals surface area (Å²) in [6.07, 6.45) is 6.98. The Hall–Kier alpha value is -3.13. The van der Waals surface area contributed by atoms with E-state index in [1.54, 1.807) is 7.11 Å². The van der Waals surface area contributed by atoms with Crippen LogP contribution in [0.3, 0.4) is 0 Å². The van der Waals surface area contributed by atoms with Crippen LogP contribution in [-0.2, 0) is 6.54 Å². The van der Waals surface area contributed by atoms with Crippen LogP contribution in [0, 0.1) is 0 Å². The summed E-state index contributed by atoms with van der Waals surface area (Å²) in [7, 11) is 1.69. The van der Waals surface area contributed by atoms with Gasteiger partial charge in [-0.05, 0) is 49.2 Å². The normalized spacial score (nSPS) is 17.7. The summed E-state index contributed by atoms with van der Waals surface area (Å²) >= 11 is 0. The molecule has 0 amide bonds. The number of pyridine rings is 1. The Balaban J connectivity index is 1.15. The molecule has 0 N–H and O–H groups in total. The van der Waals surface area contributed by atoms with Crippen molar-refractivity contribution >= 4 is 11.5 Å². The second kappa shape index (κ2) is 10.2. The third kappa shape index (κ3) is 5.27. The lowest BCUT2D eigenvalue weighted by molar-refractivity contribution is 0.215. The molecule has 2 aliphatic rings. The molecule has 174 valence electrons. The average molecular weight is 449 g/mol. The van der Waals surface area contributed by atoms with Gasteiger partial charge in [-0.15, -0.1) is 0 Å². The van der Waals surface area contributed by atoms with E-state index < -0.39 is 0 Å². The molecule has 8 heteroatoms. The molecule has 2 saturated heterocycles. The molecule has 0 bridgehead atoms. The largest absolute Gasteiger partial charge is 0.497 e. The van der Waals surface area contributed by atoms with Crippen LogP contribution in [0.4, 0.5) is 11.5 Å². The Morgan fingerprint density at radius 1 is 0.848 bits per heavy atom. The maximum atomic E-state index is 5.55. The van der Waals surface area contributed by atoms with Gasteiger partial charge in [0.2, 0.25) is 11.7 Å². The summed E-state index contributed by atoms with van der Waals surface area (Å²) in [5.74, 6) is 3.19. The van der Waals surface area contributed by atoms with Crippen LogP contribution in [0.25, 0.3) is 11.4 Å². The molecule has 8 nitrogen and oxygen atoms in total. The molecule has 0 spiro atoms. The number of ether oxygens (including phenoxy) is 1. The number of aromatic nitrogens is 3. The Morgan fingerprint density at radius 2 is 1.61 bits per heavy atom. The number of hydrogen-bond donors (Lipinski definition) is 0. The molecule has 0 radical (unpaired) electrons. The number of methoxy groups -OCH3 is 1. The van der Waals surface area contributed by atoms with Gasteiger partial charge in [0.25, 0.3) is 0 Å². The van der Waals surface area contributed by atoms with E-state index in [1.165, 1.54) is 31.4 Å². The Morgan fingerprint density at radius 3 is 2.27 bits per heavy atom. The van der Waals surface area contributed by atoms with E-state index in [-0.39, 0.29) is 0 Å². The number of anilines is 2. The standard InChI is InChI=1S/C25H32N6O2/c1-32-22-9-7-21(8-10-22)30-16-14-29(15-17-30)19-24-27-25(28-33-24)20-6-11-23(26-18-20)31-12-4-2-3-5-13-31/h6-11,18H,2-5,12-17,19H2,1H3. The van der Waals surface area contributed by atoms with E-state index in [2.05, 4.69) is 54.1 Å². The highest BCUT2D eigenvalue weighted by Crippen LogP contribution is 2.23. The summed E-state index contributed by atoms with van der Waals surface area (Å²) in [6, 6.07) is 12.4. The van der Waals surface area contributed by atoms with Crippen LogP contribution in [0.15, 0.2) is 47.1 Å². The molecular formula is C25H32N6O2. The minimum Gasteiger partial charge on any atom is -0.497 e. The lowest BCUT2D eigenvalue weighted by Crippen LogP contribution is -2.46. The highest BCUT2D eigenvalue weighted by molar-refractivity contribution is 5.56. The molecule has 2 aliphatic heterocycles. The fourth-order valence-corrected chi connectivity index (χ4v) is 4.59. The molecule has 5 rings (SSSR count). The minimum absolute atomic E-state index is 0.608. The Labute approximate surface area is 195 Å². The molecular weight excluding hydrogens is 416 g/mol. The van der Waals surface area contributed by atoms with Crippen LogP contribution in [-0.4, -0.2) is 66.4 Å². The van der Waals surface area contributed by atoms with Crippen LogP contribution in [0.1, 0.15) is 31.6 Å². The topological polar surface area (TPSA) is 70.8 Å². The van der Waals surface area contributed by atoms with Crippen molar-refractivity contribution in [3.63, 3.8) is 0 Å². The van der Waals surface area contributed by atoms with Crippen molar-refractivity contribution in [2.75, 3.05) is 56.2 Å². The molecule has 2 aromatic heterocycles. The van der Waals surface area contributed by atoms with Crippen LogP contribution in [0.2, 0.25) is 0 Å². The summed E-state index contributed by atoms with van der Waals surface area (Å²) in [5.41, 5.74) is 2.12. The minimum atomic E-state index is 0.608. The van der Waals surface area contributed by atoms with Crippen molar-refractivity contribution in [2.24, 2.45) is 0 Å². The summed E-state index contributed by atoms with van der Waals surface area (Å²) in [4.78, 5) is 16.4. The number of rotatable bonds is 6. The van der Waals surface area contributed by atoms with Gasteiger partial charge in [0.05, 0.1) is 13.7 Å². The van der Waals surface area contributed by atoms with Gasteiger partial charge in [0.15, 0.2) is 0 Å². The van der Waals surface area contributed by atoms with Crippen molar-refractivity contribution in [1.29, 1.82) is 0 Å². The first-order valence-electron chi connectivity index (χ1n) is 11.9. The molecule has 1 aromatic carbocycles. The quantitative estimate of drug-likeness (QED) is 0.563. The van der Waals surface area contributed by atoms with Gasteiger partial charge in [-0.25, -0.2) is 4.98 Å². The van der Waals surface area contributed by atoms with Gasteiger partial charge in [0, 0.05) is 56.7 Å². The highest BCUT2D eigenvalue weighted by Gasteiger charge is 2.20. The van der Waals surface area contributed by atoms with Crippen LogP contribution >= 0.6 is 0 Å². The molecule has 0 unspecified atom stereocenters. The number of nitrogens with zero attached hydrogens (tertiary/aromatic N) is 6. The van der Waals surface area contributed by atoms with E-state index >= 15 is 0 Å². The molecule has 0 aliphatic carbocycles. The zero-order valence-electron chi connectivity index (χ0n) is 19.3. The molecule has 3 aromatic rings. The van der Waals surface area contributed by atoms with E-state index in [0.29, 0.717) is 18.3 Å². The zero-order chi connectivity index (χ0) is 22.5. The molecule has 4 heterocycles. The number of benzene rings is 1. The third-order valence-electron chi connectivity index (χ3n) is 6.57. The van der Waals surface area contributed by atoms with Gasteiger partial charge in [-0.1, -0.05) is 18.0 Å². The smallest absolute Gasteiger partial charge is 0.241 e. The van der Waals surface area contributed by atoms with Gasteiger partial charge in [-0.3, -0.25) is 4.90 Å². The van der Waals surface area contributed by atoms with Gasteiger partial charge >= 0.3 is 0 Å². The predicted octanol–water partition coefficient (Wildman–Crippen LogP) is 3.84. The highest BCUT2D eigenvalue weighted by atomic mass is 16.5. The maximum Gasteiger partial charge on any atom is 0.241 e. The Kier molecular flexibility index (Phi) is 6.71. The van der Waals surface area contributed by atoms with E-state index in [0.717, 1.165) is 56.4 Å². The molecule has 2 fully saturated rings. The molecule has 0 saturated carbocycles. The second-order valence-corrected chi connectivity index (χ2v) is 8.78. The lowest BCUT2D eigenvalue weighted by atomic mass is 10.2. The van der Waals surface area contributed by atoms with Crippen LogP contribution < -0.4 is 14.5 Å². The van der Waals surface area contributed by atoms with Crippen molar-refractivity contribution in [1.82, 2.24) is 20.0 Å². The number of piperazine rings is 1. The summed E-state index contributed by atoms with van der Waals surface area (Å²) in [5, 5.41) is 4.20. The second-order valence-electron chi connectivity index (χ2n) is 8.78. The van der Waals surface area contributed by atoms with Gasteiger partial charge < -0.3 is 19.1 Å². The van der Waals surface area contributed by atoms with Crippen molar-refractivity contribution < 1.29 is 9.26 Å². The Bertz CT molecular complexity index is 1000. The molecule has 33 heavy (non-hydrogen) atoms. The number of hydrogen-bond acceptors (Lipinski definition) is 8. The first-order valence-corrected chi connectivity index (χ1v) is 11.9. The summed E-state index contributed by atoms with van der Waals surface area (Å²) < 4.78 is 10.8. The van der Waals surface area contributed by atoms with E-state index in [4.69, 9.17) is 9.26 Å². The predicted molar refractivity (Wildman–Crippen MR) is 129 cm³/mol. The fraction of sp³-hybridized carbons (Fsp3) is 0.480. The van der Waals surface area contributed by atoms with Crippen LogP contribution in [0.5, 0.6) is 5.75 Å². The monoisotopic (exact) mass is 448 g/mol. The van der Waals surface area contributed by atoms with Crippen molar-refractivity contribution in [3.05, 3.63) is 48.5 Å². The summed E-state index contributed by atoms with van der Waals surface area (Å²) in [6.45, 7) is 6.69. The maximum absolute atomic E-state index is 5.55.